The number of allylic oxidation sites excluding steroid dienone is 1. The third-order valence-electron chi connectivity index (χ3n) is 5.86. The molecule has 2 aromatic heterocycles. The number of ether oxygens (including phenoxy) is 1. The number of thiophene rings is 2. The largest absolute Gasteiger partial charge is 0.484 e. The number of amides is 1. The number of nitro benzene ring substituents is 1. The molecule has 3 aromatic rings. The summed E-state index contributed by atoms with van der Waals surface area (Å²) in [6.07, 6.45) is 5.19. The van der Waals surface area contributed by atoms with Crippen molar-refractivity contribution in [1.29, 1.82) is 0 Å². The molecule has 1 aliphatic heterocycles. The molecule has 1 amide bonds. The Bertz CT molecular complexity index is 1200. The minimum absolute atomic E-state index is 0.0217. The van der Waals surface area contributed by atoms with Gasteiger partial charge < -0.3 is 4.74 Å². The maximum atomic E-state index is 13.2. The molecule has 0 radical (unpaired) electrons. The Morgan fingerprint density at radius 3 is 2.67 bits per heavy atom. The van der Waals surface area contributed by atoms with Gasteiger partial charge >= 0.3 is 0 Å². The number of nitrogens with zero attached hydrogens (tertiary/aromatic N) is 3. The van der Waals surface area contributed by atoms with Gasteiger partial charge in [0.1, 0.15) is 5.75 Å². The Labute approximate surface area is 198 Å². The van der Waals surface area contributed by atoms with Crippen molar-refractivity contribution in [3.05, 3.63) is 84.7 Å². The first kappa shape index (κ1) is 21.5. The van der Waals surface area contributed by atoms with E-state index in [1.165, 1.54) is 34.7 Å². The second-order valence-corrected chi connectivity index (χ2v) is 9.87. The highest BCUT2D eigenvalue weighted by Gasteiger charge is 2.44. The average Bonchev–Trinajstić information content (AvgIpc) is 3.58. The van der Waals surface area contributed by atoms with Gasteiger partial charge in [-0.1, -0.05) is 12.1 Å². The van der Waals surface area contributed by atoms with Gasteiger partial charge in [-0.05, 0) is 65.9 Å². The predicted octanol–water partition coefficient (Wildman–Crippen LogP) is 5.92. The lowest BCUT2D eigenvalue weighted by Gasteiger charge is -2.28. The number of nitro groups is 1. The van der Waals surface area contributed by atoms with Crippen LogP contribution >= 0.6 is 22.7 Å². The number of carbonyl (C=O) groups is 1. The summed E-state index contributed by atoms with van der Waals surface area (Å²) in [5, 5.41) is 21.3. The van der Waals surface area contributed by atoms with E-state index in [9.17, 15) is 14.9 Å². The van der Waals surface area contributed by atoms with Gasteiger partial charge in [-0.25, -0.2) is 5.01 Å². The Balaban J connectivity index is 1.39. The van der Waals surface area contributed by atoms with E-state index in [-0.39, 0.29) is 30.2 Å². The summed E-state index contributed by atoms with van der Waals surface area (Å²) in [6, 6.07) is 13.8. The zero-order valence-corrected chi connectivity index (χ0v) is 19.3. The van der Waals surface area contributed by atoms with Crippen molar-refractivity contribution in [2.75, 3.05) is 6.61 Å². The summed E-state index contributed by atoms with van der Waals surface area (Å²) >= 11 is 3.33. The van der Waals surface area contributed by atoms with E-state index in [0.717, 1.165) is 29.9 Å². The first-order valence-corrected chi connectivity index (χ1v) is 12.4. The van der Waals surface area contributed by atoms with E-state index in [0.29, 0.717) is 5.75 Å². The summed E-state index contributed by atoms with van der Waals surface area (Å²) in [7, 11) is 0. The summed E-state index contributed by atoms with van der Waals surface area (Å²) in [5.41, 5.74) is 2.17. The van der Waals surface area contributed by atoms with Crippen LogP contribution in [0.25, 0.3) is 6.08 Å². The maximum Gasteiger partial charge on any atom is 0.281 e. The summed E-state index contributed by atoms with van der Waals surface area (Å²) in [5.74, 6) is 0.334. The molecule has 33 heavy (non-hydrogen) atoms. The van der Waals surface area contributed by atoms with Crippen molar-refractivity contribution in [1.82, 2.24) is 5.01 Å². The molecule has 3 heterocycles. The third kappa shape index (κ3) is 4.46. The molecule has 2 unspecified atom stereocenters. The van der Waals surface area contributed by atoms with Gasteiger partial charge in [0.05, 0.1) is 16.7 Å². The fraction of sp³-hybridized carbons (Fsp3) is 0.250. The number of rotatable bonds is 6. The zero-order valence-electron chi connectivity index (χ0n) is 17.6. The van der Waals surface area contributed by atoms with Gasteiger partial charge in [-0.3, -0.25) is 14.9 Å². The highest BCUT2D eigenvalue weighted by atomic mass is 32.1. The van der Waals surface area contributed by atoms with Gasteiger partial charge in [0.2, 0.25) is 0 Å². The number of hydrazone groups is 1. The molecule has 0 bridgehead atoms. The first-order chi connectivity index (χ1) is 16.1. The SMILES string of the molecule is O=C(COc1ccc([N+](=O)[O-])cc1)N1N=C2/C(=C/c3cccs3)CCCC2C1c1cccs1. The average molecular weight is 480 g/mol. The fourth-order valence-corrected chi connectivity index (χ4v) is 5.92. The molecule has 1 saturated carbocycles. The van der Waals surface area contributed by atoms with Crippen LogP contribution in [0.2, 0.25) is 0 Å². The summed E-state index contributed by atoms with van der Waals surface area (Å²) in [4.78, 5) is 25.9. The number of non-ortho nitro benzene ring substituents is 1. The molecule has 1 aliphatic carbocycles. The highest BCUT2D eigenvalue weighted by molar-refractivity contribution is 7.11. The Hall–Kier alpha value is -3.30. The smallest absolute Gasteiger partial charge is 0.281 e. The summed E-state index contributed by atoms with van der Waals surface area (Å²) < 4.78 is 5.65. The van der Waals surface area contributed by atoms with Crippen LogP contribution in [-0.2, 0) is 4.79 Å². The highest BCUT2D eigenvalue weighted by Crippen LogP contribution is 2.45. The Morgan fingerprint density at radius 2 is 1.97 bits per heavy atom. The third-order valence-corrected chi connectivity index (χ3v) is 7.62. The second-order valence-electron chi connectivity index (χ2n) is 7.91. The lowest BCUT2D eigenvalue weighted by atomic mass is 9.79. The molecule has 5 rings (SSSR count). The standard InChI is InChI=1S/C24H21N3O4S2/c28-22(15-31-18-10-8-17(9-11-18)27(29)30)26-24(21-7-3-13-33-21)20-6-1-4-16(23(20)25-26)14-19-5-2-12-32-19/h2-3,5,7-14,20,24H,1,4,6,15H2/b16-14+. The second kappa shape index (κ2) is 9.29. The minimum atomic E-state index is -0.468. The molecule has 2 atom stereocenters. The quantitative estimate of drug-likeness (QED) is 0.324. The van der Waals surface area contributed by atoms with Crippen LogP contribution in [-0.4, -0.2) is 28.2 Å². The van der Waals surface area contributed by atoms with Gasteiger partial charge in [-0.2, -0.15) is 5.10 Å². The van der Waals surface area contributed by atoms with Crippen LogP contribution in [0.15, 0.2) is 70.0 Å². The molecule has 168 valence electrons. The van der Waals surface area contributed by atoms with Crippen molar-refractivity contribution in [2.24, 2.45) is 11.0 Å². The number of carbonyl (C=O) groups excluding carboxylic acids is 1. The molecular formula is C24H21N3O4S2. The van der Waals surface area contributed by atoms with E-state index in [1.807, 2.05) is 17.5 Å². The molecule has 9 heteroatoms. The van der Waals surface area contributed by atoms with Gasteiger partial charge in [0.15, 0.2) is 6.61 Å². The van der Waals surface area contributed by atoms with Gasteiger partial charge in [0, 0.05) is 27.8 Å². The Morgan fingerprint density at radius 1 is 1.18 bits per heavy atom. The van der Waals surface area contributed by atoms with E-state index in [1.54, 1.807) is 27.7 Å². The van der Waals surface area contributed by atoms with Crippen molar-refractivity contribution in [3.63, 3.8) is 0 Å². The monoisotopic (exact) mass is 479 g/mol. The molecule has 2 aliphatic rings. The van der Waals surface area contributed by atoms with E-state index in [2.05, 4.69) is 23.6 Å². The van der Waals surface area contributed by atoms with E-state index >= 15 is 0 Å². The molecule has 0 N–H and O–H groups in total. The van der Waals surface area contributed by atoms with Gasteiger partial charge in [-0.15, -0.1) is 22.7 Å². The van der Waals surface area contributed by atoms with Crippen LogP contribution in [0.4, 0.5) is 5.69 Å². The lowest BCUT2D eigenvalue weighted by molar-refractivity contribution is -0.384. The molecular weight excluding hydrogens is 458 g/mol. The number of hydrogen-bond acceptors (Lipinski definition) is 7. The molecule has 0 saturated heterocycles. The van der Waals surface area contributed by atoms with Crippen molar-refractivity contribution in [2.45, 2.75) is 25.3 Å². The minimum Gasteiger partial charge on any atom is -0.484 e. The molecule has 0 spiro atoms. The van der Waals surface area contributed by atoms with Crippen molar-refractivity contribution in [3.8, 4) is 5.75 Å². The van der Waals surface area contributed by atoms with Gasteiger partial charge in [0.25, 0.3) is 11.6 Å². The number of benzene rings is 1. The topological polar surface area (TPSA) is 85.0 Å². The number of hydrogen-bond donors (Lipinski definition) is 0. The summed E-state index contributed by atoms with van der Waals surface area (Å²) in [6.45, 7) is -0.187. The predicted molar refractivity (Wildman–Crippen MR) is 130 cm³/mol. The van der Waals surface area contributed by atoms with Crippen LogP contribution in [0, 0.1) is 16.0 Å². The lowest BCUT2D eigenvalue weighted by Crippen LogP contribution is -2.34. The Kier molecular flexibility index (Phi) is 6.06. The van der Waals surface area contributed by atoms with Crippen molar-refractivity contribution >= 4 is 46.1 Å². The van der Waals surface area contributed by atoms with Crippen molar-refractivity contribution < 1.29 is 14.5 Å². The first-order valence-electron chi connectivity index (χ1n) is 10.7. The maximum absolute atomic E-state index is 13.2. The fourth-order valence-electron chi connectivity index (χ4n) is 4.37. The van der Waals surface area contributed by atoms with Crippen LogP contribution in [0.1, 0.15) is 35.1 Å². The van der Waals surface area contributed by atoms with E-state index in [4.69, 9.17) is 9.84 Å². The molecule has 7 nitrogen and oxygen atoms in total. The zero-order chi connectivity index (χ0) is 22.8. The molecule has 1 aromatic carbocycles. The molecule has 1 fully saturated rings. The van der Waals surface area contributed by atoms with E-state index < -0.39 is 4.92 Å². The van der Waals surface area contributed by atoms with Crippen LogP contribution < -0.4 is 4.74 Å². The number of fused-ring (bicyclic) bond motifs is 1. The van der Waals surface area contributed by atoms with Crippen LogP contribution in [0.3, 0.4) is 0 Å². The normalized spacial score (nSPS) is 21.0. The van der Waals surface area contributed by atoms with Crippen LogP contribution in [0.5, 0.6) is 5.75 Å².